The van der Waals surface area contributed by atoms with Gasteiger partial charge in [0.1, 0.15) is 33.0 Å². The third-order valence-corrected chi connectivity index (χ3v) is 6.09. The Bertz CT molecular complexity index is 1090. The molecule has 2 aromatic rings. The van der Waals surface area contributed by atoms with Crippen LogP contribution in [0.25, 0.3) is 0 Å². The zero-order valence-electron chi connectivity index (χ0n) is 17.3. The second kappa shape index (κ2) is 8.54. The van der Waals surface area contributed by atoms with E-state index in [9.17, 15) is 13.2 Å². The van der Waals surface area contributed by atoms with Gasteiger partial charge in [-0.2, -0.15) is 0 Å². The number of rotatable bonds is 6. The van der Waals surface area contributed by atoms with Crippen molar-refractivity contribution < 1.29 is 32.2 Å². The van der Waals surface area contributed by atoms with Crippen molar-refractivity contribution in [2.75, 3.05) is 43.5 Å². The second-order valence-corrected chi connectivity index (χ2v) is 9.20. The molecule has 31 heavy (non-hydrogen) atoms. The fraction of sp³-hybridized carbons (Fsp3) is 0.381. The van der Waals surface area contributed by atoms with Gasteiger partial charge in [0.15, 0.2) is 23.0 Å². The van der Waals surface area contributed by atoms with E-state index in [4.69, 9.17) is 18.9 Å². The van der Waals surface area contributed by atoms with Gasteiger partial charge in [-0.3, -0.25) is 9.10 Å². The fourth-order valence-corrected chi connectivity index (χ4v) is 4.27. The molecule has 0 spiro atoms. The van der Waals surface area contributed by atoms with Gasteiger partial charge in [-0.25, -0.2) is 8.42 Å². The minimum Gasteiger partial charge on any atom is -0.486 e. The van der Waals surface area contributed by atoms with E-state index >= 15 is 0 Å². The molecule has 0 saturated heterocycles. The molecule has 2 aromatic carbocycles. The van der Waals surface area contributed by atoms with Gasteiger partial charge in [0.05, 0.1) is 18.0 Å². The van der Waals surface area contributed by atoms with Gasteiger partial charge in [0.2, 0.25) is 15.9 Å². The second-order valence-electron chi connectivity index (χ2n) is 7.29. The van der Waals surface area contributed by atoms with Crippen LogP contribution >= 0.6 is 0 Å². The molecule has 9 nitrogen and oxygen atoms in total. The molecule has 0 fully saturated rings. The molecule has 1 amide bonds. The lowest BCUT2D eigenvalue weighted by Gasteiger charge is -2.25. The largest absolute Gasteiger partial charge is 0.486 e. The van der Waals surface area contributed by atoms with Crippen molar-refractivity contribution in [2.45, 2.75) is 13.0 Å². The normalized spacial score (nSPS) is 15.7. The van der Waals surface area contributed by atoms with Crippen LogP contribution in [0, 0.1) is 0 Å². The number of nitrogens with zero attached hydrogens (tertiary/aromatic N) is 1. The first-order chi connectivity index (χ1) is 14.8. The number of sulfonamides is 1. The number of benzene rings is 2. The van der Waals surface area contributed by atoms with Crippen molar-refractivity contribution in [3.05, 3.63) is 42.0 Å². The summed E-state index contributed by atoms with van der Waals surface area (Å²) in [6, 6.07) is 9.88. The van der Waals surface area contributed by atoms with E-state index in [0.29, 0.717) is 55.1 Å². The first-order valence-electron chi connectivity index (χ1n) is 9.87. The van der Waals surface area contributed by atoms with Gasteiger partial charge in [-0.05, 0) is 36.8 Å². The van der Waals surface area contributed by atoms with E-state index in [1.807, 2.05) is 19.1 Å². The lowest BCUT2D eigenvalue weighted by Crippen LogP contribution is -2.41. The molecule has 2 aliphatic heterocycles. The van der Waals surface area contributed by atoms with Gasteiger partial charge in [-0.1, -0.05) is 6.07 Å². The third kappa shape index (κ3) is 4.79. The summed E-state index contributed by atoms with van der Waals surface area (Å²) in [5, 5.41) is 2.84. The van der Waals surface area contributed by atoms with E-state index in [0.717, 1.165) is 16.1 Å². The molecular weight excluding hydrogens is 424 g/mol. The summed E-state index contributed by atoms with van der Waals surface area (Å²) in [5.74, 6) is 1.83. The van der Waals surface area contributed by atoms with E-state index in [-0.39, 0.29) is 12.6 Å². The van der Waals surface area contributed by atoms with E-state index in [1.165, 1.54) is 0 Å². The number of anilines is 1. The lowest BCUT2D eigenvalue weighted by molar-refractivity contribution is -0.120. The van der Waals surface area contributed by atoms with Crippen LogP contribution in [0.5, 0.6) is 23.0 Å². The first-order valence-corrected chi connectivity index (χ1v) is 11.7. The quantitative estimate of drug-likeness (QED) is 0.720. The van der Waals surface area contributed by atoms with Gasteiger partial charge < -0.3 is 24.3 Å². The van der Waals surface area contributed by atoms with Crippen molar-refractivity contribution in [1.82, 2.24) is 5.32 Å². The van der Waals surface area contributed by atoms with Crippen LogP contribution in [0.3, 0.4) is 0 Å². The zero-order valence-corrected chi connectivity index (χ0v) is 18.1. The summed E-state index contributed by atoms with van der Waals surface area (Å²) < 4.78 is 47.9. The third-order valence-electron chi connectivity index (χ3n) is 4.95. The first kappa shape index (κ1) is 21.1. The molecule has 0 radical (unpaired) electrons. The van der Waals surface area contributed by atoms with Crippen LogP contribution in [0.1, 0.15) is 18.5 Å². The summed E-state index contributed by atoms with van der Waals surface area (Å²) in [6.07, 6.45) is 1.06. The minimum absolute atomic E-state index is 0.328. The van der Waals surface area contributed by atoms with Crippen molar-refractivity contribution in [3.63, 3.8) is 0 Å². The van der Waals surface area contributed by atoms with Crippen LogP contribution in [0.15, 0.2) is 36.4 Å². The van der Waals surface area contributed by atoms with E-state index in [1.54, 1.807) is 24.3 Å². The van der Waals surface area contributed by atoms with Crippen LogP contribution in [0.4, 0.5) is 5.69 Å². The Kier molecular flexibility index (Phi) is 5.81. The maximum absolute atomic E-state index is 12.7. The summed E-state index contributed by atoms with van der Waals surface area (Å²) >= 11 is 0. The average molecular weight is 448 g/mol. The molecule has 1 atom stereocenters. The maximum atomic E-state index is 12.7. The predicted octanol–water partition coefficient (Wildman–Crippen LogP) is 1.87. The van der Waals surface area contributed by atoms with Crippen molar-refractivity contribution in [2.24, 2.45) is 0 Å². The molecule has 10 heteroatoms. The van der Waals surface area contributed by atoms with E-state index in [2.05, 4.69) is 5.32 Å². The highest BCUT2D eigenvalue weighted by Crippen LogP contribution is 2.35. The molecule has 166 valence electrons. The van der Waals surface area contributed by atoms with Crippen LogP contribution in [-0.2, 0) is 14.8 Å². The van der Waals surface area contributed by atoms with Crippen molar-refractivity contribution in [3.8, 4) is 23.0 Å². The topological polar surface area (TPSA) is 103 Å². The Balaban J connectivity index is 1.48. The Morgan fingerprint density at radius 1 is 0.935 bits per heavy atom. The Labute approximate surface area is 180 Å². The number of carbonyl (C=O) groups is 1. The number of carbonyl (C=O) groups excluding carboxylic acids is 1. The summed E-state index contributed by atoms with van der Waals surface area (Å²) in [6.45, 7) is 3.23. The molecular formula is C21H24N2O7S. The van der Waals surface area contributed by atoms with Crippen LogP contribution in [0.2, 0.25) is 0 Å². The summed E-state index contributed by atoms with van der Waals surface area (Å²) in [4.78, 5) is 12.7. The standard InChI is InChI=1S/C21H24N2O7S/c1-14(15-3-5-17-19(11-15)29-9-7-27-17)22-21(24)13-23(31(2,25)26)16-4-6-18-20(12-16)30-10-8-28-18/h3-6,11-12,14H,7-10,13H2,1-2H3,(H,22,24). The highest BCUT2D eigenvalue weighted by molar-refractivity contribution is 7.92. The Hall–Kier alpha value is -3.14. The van der Waals surface area contributed by atoms with E-state index < -0.39 is 15.9 Å². The number of nitrogens with one attached hydrogen (secondary N) is 1. The minimum atomic E-state index is -3.71. The van der Waals surface area contributed by atoms with Gasteiger partial charge in [0.25, 0.3) is 0 Å². The molecule has 0 saturated carbocycles. The van der Waals surface area contributed by atoms with Gasteiger partial charge in [-0.15, -0.1) is 0 Å². The monoisotopic (exact) mass is 448 g/mol. The van der Waals surface area contributed by atoms with Crippen LogP contribution in [-0.4, -0.2) is 53.6 Å². The Morgan fingerprint density at radius 3 is 2.10 bits per heavy atom. The molecule has 0 aromatic heterocycles. The molecule has 0 aliphatic carbocycles. The highest BCUT2D eigenvalue weighted by atomic mass is 32.2. The molecule has 4 rings (SSSR count). The smallest absolute Gasteiger partial charge is 0.241 e. The van der Waals surface area contributed by atoms with Crippen LogP contribution < -0.4 is 28.6 Å². The van der Waals surface area contributed by atoms with Crippen molar-refractivity contribution in [1.29, 1.82) is 0 Å². The number of ether oxygens (including phenoxy) is 4. The number of amides is 1. The predicted molar refractivity (Wildman–Crippen MR) is 114 cm³/mol. The number of hydrogen-bond donors (Lipinski definition) is 1. The molecule has 1 N–H and O–H groups in total. The summed E-state index contributed by atoms with van der Waals surface area (Å²) in [7, 11) is -3.71. The highest BCUT2D eigenvalue weighted by Gasteiger charge is 2.24. The number of hydrogen-bond acceptors (Lipinski definition) is 7. The molecule has 2 heterocycles. The number of fused-ring (bicyclic) bond motifs is 2. The lowest BCUT2D eigenvalue weighted by atomic mass is 10.1. The molecule has 1 unspecified atom stereocenters. The Morgan fingerprint density at radius 2 is 1.48 bits per heavy atom. The maximum Gasteiger partial charge on any atom is 0.241 e. The summed E-state index contributed by atoms with van der Waals surface area (Å²) in [5.41, 5.74) is 1.15. The average Bonchev–Trinajstić information content (AvgIpc) is 2.76. The van der Waals surface area contributed by atoms with Crippen molar-refractivity contribution >= 4 is 21.6 Å². The fourth-order valence-electron chi connectivity index (χ4n) is 3.42. The van der Waals surface area contributed by atoms with Gasteiger partial charge in [0, 0.05) is 6.07 Å². The molecule has 2 aliphatic rings. The molecule has 0 bridgehead atoms. The SMILES string of the molecule is CC(NC(=O)CN(c1ccc2c(c1)OCCO2)S(C)(=O)=O)c1ccc2c(c1)OCCO2. The van der Waals surface area contributed by atoms with Gasteiger partial charge >= 0.3 is 0 Å². The zero-order chi connectivity index (χ0) is 22.0.